The smallest absolute Gasteiger partial charge is 0.315 e. The number of urea groups is 1. The Morgan fingerprint density at radius 1 is 1.62 bits per heavy atom. The van der Waals surface area contributed by atoms with E-state index in [4.69, 9.17) is 4.42 Å². The Morgan fingerprint density at radius 2 is 2.48 bits per heavy atom. The molecule has 0 aliphatic rings. The Labute approximate surface area is 128 Å². The van der Waals surface area contributed by atoms with Crippen molar-refractivity contribution in [1.29, 1.82) is 0 Å². The van der Waals surface area contributed by atoms with Gasteiger partial charge in [-0.1, -0.05) is 13.0 Å². The summed E-state index contributed by atoms with van der Waals surface area (Å²) in [4.78, 5) is 16.2. The van der Waals surface area contributed by atoms with Crippen LogP contribution in [0.1, 0.15) is 25.5 Å². The molecule has 1 unspecified atom stereocenters. The summed E-state index contributed by atoms with van der Waals surface area (Å²) >= 11 is 1.50. The molecule has 2 aromatic rings. The molecule has 1 atom stereocenters. The van der Waals surface area contributed by atoms with Gasteiger partial charge >= 0.3 is 6.03 Å². The molecule has 2 aromatic heterocycles. The third kappa shape index (κ3) is 4.46. The average Bonchev–Trinajstić information content (AvgIpc) is 3.15. The SMILES string of the molecule is C=CCC(CC)NC(=O)NCc1csc(-c2ccco2)n1. The van der Waals surface area contributed by atoms with E-state index in [0.29, 0.717) is 6.54 Å². The molecule has 2 rings (SSSR count). The number of hydrogen-bond donors (Lipinski definition) is 2. The van der Waals surface area contributed by atoms with E-state index >= 15 is 0 Å². The summed E-state index contributed by atoms with van der Waals surface area (Å²) in [5.74, 6) is 0.743. The van der Waals surface area contributed by atoms with Gasteiger partial charge in [-0.3, -0.25) is 0 Å². The number of nitrogens with one attached hydrogen (secondary N) is 2. The summed E-state index contributed by atoms with van der Waals surface area (Å²) in [6, 6.07) is 3.63. The first-order chi connectivity index (χ1) is 10.2. The molecule has 2 amide bonds. The van der Waals surface area contributed by atoms with Crippen molar-refractivity contribution in [2.75, 3.05) is 0 Å². The van der Waals surface area contributed by atoms with E-state index in [9.17, 15) is 4.79 Å². The minimum absolute atomic E-state index is 0.122. The topological polar surface area (TPSA) is 67.2 Å². The summed E-state index contributed by atoms with van der Waals surface area (Å²) in [6.45, 7) is 6.12. The van der Waals surface area contributed by atoms with Crippen LogP contribution in [-0.2, 0) is 6.54 Å². The summed E-state index contributed by atoms with van der Waals surface area (Å²) in [7, 11) is 0. The van der Waals surface area contributed by atoms with Gasteiger partial charge in [-0.05, 0) is 25.0 Å². The summed E-state index contributed by atoms with van der Waals surface area (Å²) in [5.41, 5.74) is 0.818. The highest BCUT2D eigenvalue weighted by Crippen LogP contribution is 2.23. The van der Waals surface area contributed by atoms with Gasteiger partial charge in [0.15, 0.2) is 10.8 Å². The lowest BCUT2D eigenvalue weighted by atomic mass is 10.1. The molecule has 0 spiro atoms. The Morgan fingerprint density at radius 3 is 3.14 bits per heavy atom. The van der Waals surface area contributed by atoms with Crippen molar-refractivity contribution < 1.29 is 9.21 Å². The number of rotatable bonds is 7. The van der Waals surface area contributed by atoms with Crippen LogP contribution in [0.4, 0.5) is 4.79 Å². The maximum Gasteiger partial charge on any atom is 0.315 e. The molecule has 2 heterocycles. The normalized spacial score (nSPS) is 11.9. The number of amides is 2. The van der Waals surface area contributed by atoms with Crippen LogP contribution in [0, 0.1) is 0 Å². The first-order valence-electron chi connectivity index (χ1n) is 6.86. The van der Waals surface area contributed by atoms with E-state index in [1.807, 2.05) is 30.5 Å². The number of carbonyl (C=O) groups excluding carboxylic acids is 1. The second-order valence-corrected chi connectivity index (χ2v) is 5.44. The maximum absolute atomic E-state index is 11.8. The Hall–Kier alpha value is -2.08. The first kappa shape index (κ1) is 15.3. The molecule has 21 heavy (non-hydrogen) atoms. The lowest BCUT2D eigenvalue weighted by Gasteiger charge is -2.15. The molecule has 6 heteroatoms. The van der Waals surface area contributed by atoms with Crippen LogP contribution >= 0.6 is 11.3 Å². The van der Waals surface area contributed by atoms with Crippen molar-refractivity contribution in [3.05, 3.63) is 42.1 Å². The Bertz CT molecular complexity index is 578. The van der Waals surface area contributed by atoms with Gasteiger partial charge in [0.05, 0.1) is 18.5 Å². The Kier molecular flexibility index (Phi) is 5.57. The highest BCUT2D eigenvalue weighted by molar-refractivity contribution is 7.13. The number of furan rings is 1. The molecule has 0 aromatic carbocycles. The van der Waals surface area contributed by atoms with Crippen LogP contribution in [0.5, 0.6) is 0 Å². The zero-order valence-corrected chi connectivity index (χ0v) is 12.8. The summed E-state index contributed by atoms with van der Waals surface area (Å²) in [6.07, 6.45) is 5.07. The molecule has 0 saturated heterocycles. The fraction of sp³-hybridized carbons (Fsp3) is 0.333. The van der Waals surface area contributed by atoms with Gasteiger partial charge in [0.1, 0.15) is 0 Å². The monoisotopic (exact) mass is 305 g/mol. The zero-order chi connectivity index (χ0) is 15.1. The first-order valence-corrected chi connectivity index (χ1v) is 7.74. The van der Waals surface area contributed by atoms with Gasteiger partial charge in [0.2, 0.25) is 0 Å². The van der Waals surface area contributed by atoms with Crippen molar-refractivity contribution in [3.8, 4) is 10.8 Å². The molecule has 0 bridgehead atoms. The van der Waals surface area contributed by atoms with E-state index < -0.39 is 0 Å². The molecule has 112 valence electrons. The molecular weight excluding hydrogens is 286 g/mol. The van der Waals surface area contributed by atoms with Gasteiger partial charge < -0.3 is 15.1 Å². The second kappa shape index (κ2) is 7.64. The van der Waals surface area contributed by atoms with Crippen LogP contribution in [-0.4, -0.2) is 17.1 Å². The number of aromatic nitrogens is 1. The molecule has 0 aliphatic carbocycles. The largest absolute Gasteiger partial charge is 0.462 e. The van der Waals surface area contributed by atoms with Crippen molar-refractivity contribution >= 4 is 17.4 Å². The van der Waals surface area contributed by atoms with E-state index in [0.717, 1.165) is 29.3 Å². The number of nitrogens with zero attached hydrogens (tertiary/aromatic N) is 1. The average molecular weight is 305 g/mol. The molecule has 5 nitrogen and oxygen atoms in total. The van der Waals surface area contributed by atoms with Crippen LogP contribution in [0.15, 0.2) is 40.8 Å². The fourth-order valence-electron chi connectivity index (χ4n) is 1.84. The number of hydrogen-bond acceptors (Lipinski definition) is 4. The highest BCUT2D eigenvalue weighted by atomic mass is 32.1. The minimum Gasteiger partial charge on any atom is -0.462 e. The molecule has 0 saturated carbocycles. The third-order valence-electron chi connectivity index (χ3n) is 2.99. The second-order valence-electron chi connectivity index (χ2n) is 4.58. The molecule has 0 fully saturated rings. The van der Waals surface area contributed by atoms with Crippen LogP contribution in [0.25, 0.3) is 10.8 Å². The standard InChI is InChI=1S/C15H19N3O2S/c1-3-6-11(4-2)18-15(19)16-9-12-10-21-14(17-12)13-7-5-8-20-13/h3,5,7-8,10-11H,1,4,6,9H2,2H3,(H2,16,18,19). The predicted octanol–water partition coefficient (Wildman–Crippen LogP) is 3.56. The van der Waals surface area contributed by atoms with Crippen LogP contribution in [0.3, 0.4) is 0 Å². The van der Waals surface area contributed by atoms with Crippen LogP contribution < -0.4 is 10.6 Å². The van der Waals surface area contributed by atoms with E-state index in [1.165, 1.54) is 11.3 Å². The minimum atomic E-state index is -0.184. The van der Waals surface area contributed by atoms with Crippen molar-refractivity contribution in [3.63, 3.8) is 0 Å². The maximum atomic E-state index is 11.8. The quantitative estimate of drug-likeness (QED) is 0.769. The summed E-state index contributed by atoms with van der Waals surface area (Å²) in [5, 5.41) is 8.45. The number of thiazole rings is 1. The van der Waals surface area contributed by atoms with Gasteiger partial charge in [0, 0.05) is 11.4 Å². The Balaban J connectivity index is 1.83. The van der Waals surface area contributed by atoms with Crippen molar-refractivity contribution in [2.45, 2.75) is 32.4 Å². The predicted molar refractivity (Wildman–Crippen MR) is 84.1 cm³/mol. The lowest BCUT2D eigenvalue weighted by molar-refractivity contribution is 0.236. The molecule has 0 radical (unpaired) electrons. The third-order valence-corrected chi connectivity index (χ3v) is 3.90. The molecule has 2 N–H and O–H groups in total. The van der Waals surface area contributed by atoms with E-state index in [-0.39, 0.29) is 12.1 Å². The van der Waals surface area contributed by atoms with Gasteiger partial charge in [-0.15, -0.1) is 17.9 Å². The van der Waals surface area contributed by atoms with Crippen LogP contribution in [0.2, 0.25) is 0 Å². The van der Waals surface area contributed by atoms with E-state index in [2.05, 4.69) is 22.2 Å². The van der Waals surface area contributed by atoms with Crippen molar-refractivity contribution in [1.82, 2.24) is 15.6 Å². The zero-order valence-electron chi connectivity index (χ0n) is 12.0. The number of carbonyl (C=O) groups is 1. The van der Waals surface area contributed by atoms with Gasteiger partial charge in [-0.25, -0.2) is 9.78 Å². The molecular formula is C15H19N3O2S. The van der Waals surface area contributed by atoms with E-state index in [1.54, 1.807) is 6.26 Å². The van der Waals surface area contributed by atoms with Gasteiger partial charge in [0.25, 0.3) is 0 Å². The highest BCUT2D eigenvalue weighted by Gasteiger charge is 2.10. The summed E-state index contributed by atoms with van der Waals surface area (Å²) < 4.78 is 5.29. The fourth-order valence-corrected chi connectivity index (χ4v) is 2.62. The molecule has 0 aliphatic heterocycles. The van der Waals surface area contributed by atoms with Crippen molar-refractivity contribution in [2.24, 2.45) is 0 Å². The van der Waals surface area contributed by atoms with Gasteiger partial charge in [-0.2, -0.15) is 0 Å². The lowest BCUT2D eigenvalue weighted by Crippen LogP contribution is -2.41.